The van der Waals surface area contributed by atoms with Crippen LogP contribution < -0.4 is 0 Å². The van der Waals surface area contributed by atoms with Crippen molar-refractivity contribution in [3.8, 4) is 0 Å². The summed E-state index contributed by atoms with van der Waals surface area (Å²) in [5.74, 6) is 0.0223. The standard InChI is InChI=1S/C19H20FN3OS2/c1-4-23(9-14-6-5-7-15(20)8-14)16(24)10-25-18-17-12(2)13(3)26-19(17)22-11-21-18/h5-8,11H,4,9-10H2,1-3H3. The number of benzene rings is 1. The highest BCUT2D eigenvalue weighted by molar-refractivity contribution is 8.00. The number of aromatic nitrogens is 2. The van der Waals surface area contributed by atoms with Gasteiger partial charge in [0.15, 0.2) is 0 Å². The lowest BCUT2D eigenvalue weighted by Gasteiger charge is -2.21. The van der Waals surface area contributed by atoms with Crippen molar-refractivity contribution in [3.63, 3.8) is 0 Å². The highest BCUT2D eigenvalue weighted by Crippen LogP contribution is 2.34. The maximum absolute atomic E-state index is 13.4. The van der Waals surface area contributed by atoms with Crippen molar-refractivity contribution in [3.05, 3.63) is 52.4 Å². The first-order valence-corrected chi connectivity index (χ1v) is 10.2. The first kappa shape index (κ1) is 18.8. The summed E-state index contributed by atoms with van der Waals surface area (Å²) in [4.78, 5) is 25.2. The van der Waals surface area contributed by atoms with E-state index in [1.54, 1.807) is 28.6 Å². The molecule has 0 radical (unpaired) electrons. The monoisotopic (exact) mass is 389 g/mol. The summed E-state index contributed by atoms with van der Waals surface area (Å²) >= 11 is 3.08. The van der Waals surface area contributed by atoms with Gasteiger partial charge >= 0.3 is 0 Å². The molecule has 0 spiro atoms. The van der Waals surface area contributed by atoms with Crippen LogP contribution in [-0.2, 0) is 11.3 Å². The molecule has 26 heavy (non-hydrogen) atoms. The molecule has 0 fully saturated rings. The highest BCUT2D eigenvalue weighted by atomic mass is 32.2. The van der Waals surface area contributed by atoms with Crippen molar-refractivity contribution in [2.45, 2.75) is 32.3 Å². The minimum absolute atomic E-state index is 0.0122. The Kier molecular flexibility index (Phi) is 5.88. The van der Waals surface area contributed by atoms with Gasteiger partial charge in [-0.05, 0) is 44.0 Å². The summed E-state index contributed by atoms with van der Waals surface area (Å²) in [5, 5.41) is 1.88. The maximum Gasteiger partial charge on any atom is 0.233 e. The summed E-state index contributed by atoms with van der Waals surface area (Å²) in [6.07, 6.45) is 1.55. The third kappa shape index (κ3) is 4.04. The number of amides is 1. The van der Waals surface area contributed by atoms with Crippen LogP contribution in [0, 0.1) is 19.7 Å². The van der Waals surface area contributed by atoms with E-state index in [0.717, 1.165) is 20.8 Å². The number of halogens is 1. The van der Waals surface area contributed by atoms with E-state index in [4.69, 9.17) is 0 Å². The molecule has 0 saturated carbocycles. The van der Waals surface area contributed by atoms with Crippen molar-refractivity contribution >= 4 is 39.2 Å². The Bertz CT molecular complexity index is 942. The van der Waals surface area contributed by atoms with Gasteiger partial charge in [0.05, 0.1) is 5.75 Å². The van der Waals surface area contributed by atoms with Gasteiger partial charge in [-0.3, -0.25) is 4.79 Å². The molecule has 1 aromatic carbocycles. The zero-order valence-corrected chi connectivity index (χ0v) is 16.6. The quantitative estimate of drug-likeness (QED) is 0.457. The second kappa shape index (κ2) is 8.14. The Labute approximate surface area is 160 Å². The lowest BCUT2D eigenvalue weighted by atomic mass is 10.2. The topological polar surface area (TPSA) is 46.1 Å². The van der Waals surface area contributed by atoms with E-state index < -0.39 is 0 Å². The number of fused-ring (bicyclic) bond motifs is 1. The molecule has 3 rings (SSSR count). The van der Waals surface area contributed by atoms with Gasteiger partial charge in [0.25, 0.3) is 0 Å². The van der Waals surface area contributed by atoms with Gasteiger partial charge in [-0.1, -0.05) is 23.9 Å². The number of thiophene rings is 1. The molecule has 0 N–H and O–H groups in total. The molecule has 1 amide bonds. The molecule has 0 unspecified atom stereocenters. The molecule has 136 valence electrons. The Hall–Kier alpha value is -1.99. The zero-order valence-electron chi connectivity index (χ0n) is 15.0. The highest BCUT2D eigenvalue weighted by Gasteiger charge is 2.17. The molecule has 3 aromatic rings. The fourth-order valence-electron chi connectivity index (χ4n) is 2.71. The second-order valence-corrected chi connectivity index (χ2v) is 8.14. The van der Waals surface area contributed by atoms with Crippen LogP contribution in [0.3, 0.4) is 0 Å². The van der Waals surface area contributed by atoms with E-state index in [1.165, 1.54) is 34.3 Å². The molecule has 0 saturated heterocycles. The maximum atomic E-state index is 13.4. The number of hydrogen-bond donors (Lipinski definition) is 0. The van der Waals surface area contributed by atoms with Crippen LogP contribution in [0.15, 0.2) is 35.6 Å². The van der Waals surface area contributed by atoms with Crippen LogP contribution in [0.4, 0.5) is 4.39 Å². The van der Waals surface area contributed by atoms with Gasteiger partial charge in [-0.25, -0.2) is 14.4 Å². The first-order valence-electron chi connectivity index (χ1n) is 8.35. The Morgan fingerprint density at radius 2 is 2.12 bits per heavy atom. The summed E-state index contributed by atoms with van der Waals surface area (Å²) in [5.41, 5.74) is 1.96. The average molecular weight is 390 g/mol. The Morgan fingerprint density at radius 1 is 1.31 bits per heavy atom. The largest absolute Gasteiger partial charge is 0.338 e. The van der Waals surface area contributed by atoms with E-state index in [0.29, 0.717) is 18.8 Å². The normalized spacial score (nSPS) is 11.1. The smallest absolute Gasteiger partial charge is 0.233 e. The minimum Gasteiger partial charge on any atom is -0.338 e. The summed E-state index contributed by atoms with van der Waals surface area (Å²) in [6.45, 7) is 7.04. The molecule has 0 aliphatic carbocycles. The van der Waals surface area contributed by atoms with Crippen LogP contribution in [0.1, 0.15) is 22.9 Å². The molecular formula is C19H20FN3OS2. The molecule has 0 bridgehead atoms. The average Bonchev–Trinajstić information content (AvgIpc) is 2.92. The Morgan fingerprint density at radius 3 is 2.85 bits per heavy atom. The van der Waals surface area contributed by atoms with Crippen LogP contribution in [0.2, 0.25) is 0 Å². The number of carbonyl (C=O) groups is 1. The molecule has 7 heteroatoms. The molecule has 2 aromatic heterocycles. The fraction of sp³-hybridized carbons (Fsp3) is 0.316. The van der Waals surface area contributed by atoms with E-state index in [2.05, 4.69) is 23.8 Å². The van der Waals surface area contributed by atoms with Gasteiger partial charge in [0.2, 0.25) is 5.91 Å². The molecule has 4 nitrogen and oxygen atoms in total. The van der Waals surface area contributed by atoms with Crippen LogP contribution in [-0.4, -0.2) is 33.1 Å². The third-order valence-electron chi connectivity index (χ3n) is 4.26. The molecule has 2 heterocycles. The molecule has 0 aliphatic heterocycles. The van der Waals surface area contributed by atoms with Crippen molar-refractivity contribution in [2.24, 2.45) is 0 Å². The number of aryl methyl sites for hydroxylation is 2. The molecule has 0 atom stereocenters. The summed E-state index contributed by atoms with van der Waals surface area (Å²) in [7, 11) is 0. The van der Waals surface area contributed by atoms with Gasteiger partial charge in [-0.15, -0.1) is 11.3 Å². The van der Waals surface area contributed by atoms with E-state index in [9.17, 15) is 9.18 Å². The minimum atomic E-state index is -0.285. The molecular weight excluding hydrogens is 369 g/mol. The van der Waals surface area contributed by atoms with Crippen molar-refractivity contribution in [1.29, 1.82) is 0 Å². The van der Waals surface area contributed by atoms with E-state index in [-0.39, 0.29) is 11.7 Å². The van der Waals surface area contributed by atoms with E-state index in [1.807, 2.05) is 13.0 Å². The zero-order chi connectivity index (χ0) is 18.7. The van der Waals surface area contributed by atoms with E-state index >= 15 is 0 Å². The van der Waals surface area contributed by atoms with Crippen molar-refractivity contribution in [2.75, 3.05) is 12.3 Å². The fourth-order valence-corrected chi connectivity index (χ4v) is 4.73. The number of hydrogen-bond acceptors (Lipinski definition) is 5. The number of rotatable bonds is 6. The van der Waals surface area contributed by atoms with Crippen molar-refractivity contribution in [1.82, 2.24) is 14.9 Å². The van der Waals surface area contributed by atoms with Crippen LogP contribution in [0.25, 0.3) is 10.2 Å². The van der Waals surface area contributed by atoms with Crippen molar-refractivity contribution < 1.29 is 9.18 Å². The second-order valence-electron chi connectivity index (χ2n) is 5.97. The summed E-state index contributed by atoms with van der Waals surface area (Å²) < 4.78 is 13.4. The predicted octanol–water partition coefficient (Wildman–Crippen LogP) is 4.59. The van der Waals surface area contributed by atoms with Gasteiger partial charge in [0, 0.05) is 23.4 Å². The lowest BCUT2D eigenvalue weighted by Crippen LogP contribution is -2.31. The Balaban J connectivity index is 1.71. The SMILES string of the molecule is CCN(Cc1cccc(F)c1)C(=O)CSc1ncnc2sc(C)c(C)c12. The predicted molar refractivity (Wildman–Crippen MR) is 105 cm³/mol. The lowest BCUT2D eigenvalue weighted by molar-refractivity contribution is -0.128. The number of thioether (sulfide) groups is 1. The number of carbonyl (C=O) groups excluding carboxylic acids is 1. The van der Waals surface area contributed by atoms with Gasteiger partial charge in [-0.2, -0.15) is 0 Å². The third-order valence-corrected chi connectivity index (χ3v) is 6.35. The van der Waals surface area contributed by atoms with Gasteiger partial charge < -0.3 is 4.90 Å². The van der Waals surface area contributed by atoms with Crippen LogP contribution >= 0.6 is 23.1 Å². The first-order chi connectivity index (χ1) is 12.5. The number of nitrogens with zero attached hydrogens (tertiary/aromatic N) is 3. The van der Waals surface area contributed by atoms with Crippen LogP contribution in [0.5, 0.6) is 0 Å². The summed E-state index contributed by atoms with van der Waals surface area (Å²) in [6, 6.07) is 6.37. The molecule has 0 aliphatic rings. The van der Waals surface area contributed by atoms with Gasteiger partial charge in [0.1, 0.15) is 22.0 Å².